The van der Waals surface area contributed by atoms with E-state index in [1.165, 1.54) is 5.69 Å². The Kier molecular flexibility index (Phi) is 4.03. The molecular formula is C20H24ClN3O2. The van der Waals surface area contributed by atoms with Crippen LogP contribution in [0.3, 0.4) is 0 Å². The van der Waals surface area contributed by atoms with Gasteiger partial charge >= 0.3 is 0 Å². The second-order valence-corrected chi connectivity index (χ2v) is 8.79. The van der Waals surface area contributed by atoms with E-state index in [1.54, 1.807) is 0 Å². The lowest BCUT2D eigenvalue weighted by atomic mass is 10.0. The molecule has 3 heterocycles. The first-order valence-electron chi connectivity index (χ1n) is 9.12. The fourth-order valence-electron chi connectivity index (χ4n) is 4.15. The van der Waals surface area contributed by atoms with Gasteiger partial charge < -0.3 is 14.8 Å². The smallest absolute Gasteiger partial charge is 0.228 e. The SMILES string of the molecule is CC(C)(C)N1CC(C(=O)N2CCc3[nH]c4ccc(Cl)cc4c3C2)CC1=O. The normalized spacial score (nSPS) is 20.8. The molecule has 1 aromatic carbocycles. The Labute approximate surface area is 158 Å². The molecule has 0 aliphatic carbocycles. The van der Waals surface area contributed by atoms with Crippen molar-refractivity contribution in [3.05, 3.63) is 34.5 Å². The molecule has 0 radical (unpaired) electrons. The number of aromatic amines is 1. The first-order chi connectivity index (χ1) is 12.2. The standard InChI is InChI=1S/C20H24ClN3O2/c1-20(2,3)24-10-12(8-18(24)25)19(26)23-7-6-17-15(11-23)14-9-13(21)4-5-16(14)22-17/h4-5,9,12,22H,6-8,10-11H2,1-3H3. The summed E-state index contributed by atoms with van der Waals surface area (Å²) >= 11 is 6.16. The highest BCUT2D eigenvalue weighted by atomic mass is 35.5. The fraction of sp³-hybridized carbons (Fsp3) is 0.500. The molecule has 1 N–H and O–H groups in total. The minimum absolute atomic E-state index is 0.0763. The maximum atomic E-state index is 13.1. The van der Waals surface area contributed by atoms with Gasteiger partial charge in [-0.25, -0.2) is 0 Å². The van der Waals surface area contributed by atoms with Gasteiger partial charge in [-0.15, -0.1) is 0 Å². The van der Waals surface area contributed by atoms with Crippen molar-refractivity contribution in [1.82, 2.24) is 14.8 Å². The van der Waals surface area contributed by atoms with Crippen LogP contribution in [-0.4, -0.2) is 45.2 Å². The van der Waals surface area contributed by atoms with Crippen molar-refractivity contribution >= 4 is 34.3 Å². The fourth-order valence-corrected chi connectivity index (χ4v) is 4.33. The molecule has 2 amide bonds. The Morgan fingerprint density at radius 3 is 2.77 bits per heavy atom. The highest BCUT2D eigenvalue weighted by Gasteiger charge is 2.41. The molecule has 1 atom stereocenters. The van der Waals surface area contributed by atoms with Gasteiger partial charge in [0.1, 0.15) is 0 Å². The van der Waals surface area contributed by atoms with Gasteiger partial charge in [-0.3, -0.25) is 9.59 Å². The number of likely N-dealkylation sites (tertiary alicyclic amines) is 1. The number of fused-ring (bicyclic) bond motifs is 3. The Bertz CT molecular complexity index is 896. The molecule has 4 rings (SSSR count). The van der Waals surface area contributed by atoms with Crippen molar-refractivity contribution < 1.29 is 9.59 Å². The summed E-state index contributed by atoms with van der Waals surface area (Å²) in [5.41, 5.74) is 3.15. The number of hydrogen-bond donors (Lipinski definition) is 1. The van der Waals surface area contributed by atoms with Crippen LogP contribution in [0.5, 0.6) is 0 Å². The average Bonchev–Trinajstić information content (AvgIpc) is 3.14. The summed E-state index contributed by atoms with van der Waals surface area (Å²) in [6, 6.07) is 5.82. The van der Waals surface area contributed by atoms with E-state index in [-0.39, 0.29) is 23.3 Å². The third-order valence-electron chi connectivity index (χ3n) is 5.53. The number of hydrogen-bond acceptors (Lipinski definition) is 2. The minimum Gasteiger partial charge on any atom is -0.358 e. The number of H-pyrrole nitrogens is 1. The molecule has 2 aliphatic heterocycles. The van der Waals surface area contributed by atoms with Gasteiger partial charge in [0.2, 0.25) is 11.8 Å². The Hall–Kier alpha value is -2.01. The van der Waals surface area contributed by atoms with E-state index in [4.69, 9.17) is 11.6 Å². The van der Waals surface area contributed by atoms with Crippen LogP contribution in [0, 0.1) is 5.92 Å². The lowest BCUT2D eigenvalue weighted by Gasteiger charge is -2.33. The number of carbonyl (C=O) groups is 2. The molecular weight excluding hydrogens is 350 g/mol. The Balaban J connectivity index is 1.56. The number of amides is 2. The first kappa shape index (κ1) is 17.4. The van der Waals surface area contributed by atoms with E-state index in [0.717, 1.165) is 22.9 Å². The van der Waals surface area contributed by atoms with Crippen molar-refractivity contribution in [3.63, 3.8) is 0 Å². The maximum Gasteiger partial charge on any atom is 0.228 e. The zero-order valence-corrected chi connectivity index (χ0v) is 16.2. The molecule has 138 valence electrons. The molecule has 0 spiro atoms. The van der Waals surface area contributed by atoms with E-state index >= 15 is 0 Å². The molecule has 0 bridgehead atoms. The van der Waals surface area contributed by atoms with Gasteiger partial charge in [0.15, 0.2) is 0 Å². The number of benzene rings is 1. The van der Waals surface area contributed by atoms with Crippen LogP contribution in [0.1, 0.15) is 38.4 Å². The lowest BCUT2D eigenvalue weighted by molar-refractivity contribution is -0.136. The van der Waals surface area contributed by atoms with Crippen molar-refractivity contribution in [2.24, 2.45) is 5.92 Å². The van der Waals surface area contributed by atoms with Crippen LogP contribution in [-0.2, 0) is 22.6 Å². The second kappa shape index (κ2) is 6.02. The van der Waals surface area contributed by atoms with E-state index < -0.39 is 0 Å². The van der Waals surface area contributed by atoms with Gasteiger partial charge in [0, 0.05) is 65.2 Å². The summed E-state index contributed by atoms with van der Waals surface area (Å²) in [5, 5.41) is 1.79. The molecule has 1 fully saturated rings. The molecule has 2 aromatic rings. The zero-order valence-electron chi connectivity index (χ0n) is 15.4. The second-order valence-electron chi connectivity index (χ2n) is 8.36. The maximum absolute atomic E-state index is 13.1. The lowest BCUT2D eigenvalue weighted by Crippen LogP contribution is -2.44. The summed E-state index contributed by atoms with van der Waals surface area (Å²) in [4.78, 5) is 32.6. The van der Waals surface area contributed by atoms with Crippen LogP contribution in [0.4, 0.5) is 0 Å². The molecule has 1 aromatic heterocycles. The van der Waals surface area contributed by atoms with Crippen molar-refractivity contribution in [3.8, 4) is 0 Å². The van der Waals surface area contributed by atoms with Crippen LogP contribution in [0.25, 0.3) is 10.9 Å². The molecule has 1 unspecified atom stereocenters. The highest BCUT2D eigenvalue weighted by Crippen LogP contribution is 2.32. The molecule has 6 heteroatoms. The number of carbonyl (C=O) groups excluding carboxylic acids is 2. The van der Waals surface area contributed by atoms with E-state index in [9.17, 15) is 9.59 Å². The average molecular weight is 374 g/mol. The first-order valence-corrected chi connectivity index (χ1v) is 9.50. The van der Waals surface area contributed by atoms with Gasteiger partial charge in [-0.05, 0) is 39.0 Å². The van der Waals surface area contributed by atoms with Crippen molar-refractivity contribution in [2.75, 3.05) is 13.1 Å². The van der Waals surface area contributed by atoms with Crippen molar-refractivity contribution in [1.29, 1.82) is 0 Å². The van der Waals surface area contributed by atoms with Gasteiger partial charge in [0.05, 0.1) is 5.92 Å². The zero-order chi connectivity index (χ0) is 18.6. The summed E-state index contributed by atoms with van der Waals surface area (Å²) in [7, 11) is 0. The van der Waals surface area contributed by atoms with E-state index in [2.05, 4.69) is 4.98 Å². The molecule has 1 saturated heterocycles. The van der Waals surface area contributed by atoms with Crippen molar-refractivity contribution in [2.45, 2.75) is 45.7 Å². The van der Waals surface area contributed by atoms with Crippen LogP contribution in [0.2, 0.25) is 5.02 Å². The monoisotopic (exact) mass is 373 g/mol. The number of rotatable bonds is 1. The van der Waals surface area contributed by atoms with Gasteiger partial charge in [-0.1, -0.05) is 11.6 Å². The summed E-state index contributed by atoms with van der Waals surface area (Å²) < 4.78 is 0. The van der Waals surface area contributed by atoms with Crippen LogP contribution < -0.4 is 0 Å². The number of halogens is 1. The third-order valence-corrected chi connectivity index (χ3v) is 5.77. The summed E-state index contributed by atoms with van der Waals surface area (Å²) in [6.45, 7) is 7.83. The van der Waals surface area contributed by atoms with Crippen LogP contribution >= 0.6 is 11.6 Å². The Morgan fingerprint density at radius 2 is 2.08 bits per heavy atom. The summed E-state index contributed by atoms with van der Waals surface area (Å²) in [5.74, 6) is -0.0726. The molecule has 5 nitrogen and oxygen atoms in total. The van der Waals surface area contributed by atoms with Crippen LogP contribution in [0.15, 0.2) is 18.2 Å². The van der Waals surface area contributed by atoms with E-state index in [0.29, 0.717) is 31.1 Å². The predicted octanol–water partition coefficient (Wildman–Crippen LogP) is 3.35. The topological polar surface area (TPSA) is 56.4 Å². The Morgan fingerprint density at radius 1 is 1.31 bits per heavy atom. The minimum atomic E-state index is -0.241. The molecule has 0 saturated carbocycles. The van der Waals surface area contributed by atoms with Gasteiger partial charge in [-0.2, -0.15) is 0 Å². The number of nitrogens with one attached hydrogen (secondary N) is 1. The highest BCUT2D eigenvalue weighted by molar-refractivity contribution is 6.31. The largest absolute Gasteiger partial charge is 0.358 e. The summed E-state index contributed by atoms with van der Waals surface area (Å²) in [6.07, 6.45) is 1.12. The quantitative estimate of drug-likeness (QED) is 0.833. The number of nitrogens with zero attached hydrogens (tertiary/aromatic N) is 2. The predicted molar refractivity (Wildman–Crippen MR) is 102 cm³/mol. The third kappa shape index (κ3) is 2.88. The van der Waals surface area contributed by atoms with Gasteiger partial charge in [0.25, 0.3) is 0 Å². The molecule has 26 heavy (non-hydrogen) atoms. The number of aromatic nitrogens is 1. The molecule has 2 aliphatic rings. The van der Waals surface area contributed by atoms with E-state index in [1.807, 2.05) is 48.8 Å².